The standard InChI is InChI=1S/C19H21N3O3/c1-21(13-14-7-2-5-10-17(14)23)19(25)20-15-8-3-4-9-16(15)22-12-6-11-18(22)24/h2-5,7-10,23H,6,11-13H2,1H3,(H,20,25). The van der Waals surface area contributed by atoms with E-state index in [1.54, 1.807) is 36.2 Å². The van der Waals surface area contributed by atoms with Crippen LogP contribution in [0, 0.1) is 0 Å². The molecule has 0 radical (unpaired) electrons. The molecule has 0 unspecified atom stereocenters. The van der Waals surface area contributed by atoms with Gasteiger partial charge in [0.1, 0.15) is 5.75 Å². The van der Waals surface area contributed by atoms with E-state index in [0.29, 0.717) is 29.9 Å². The molecule has 25 heavy (non-hydrogen) atoms. The molecule has 1 fully saturated rings. The summed E-state index contributed by atoms with van der Waals surface area (Å²) in [5, 5.41) is 12.7. The molecule has 2 aromatic carbocycles. The SMILES string of the molecule is CN(Cc1ccccc1O)C(=O)Nc1ccccc1N1CCCC1=O. The van der Waals surface area contributed by atoms with Crippen LogP contribution < -0.4 is 10.2 Å². The van der Waals surface area contributed by atoms with Gasteiger partial charge in [0.15, 0.2) is 0 Å². The van der Waals surface area contributed by atoms with Gasteiger partial charge in [0.2, 0.25) is 5.91 Å². The minimum atomic E-state index is -0.303. The van der Waals surface area contributed by atoms with Crippen LogP contribution in [0.3, 0.4) is 0 Å². The molecule has 1 saturated heterocycles. The number of nitrogens with one attached hydrogen (secondary N) is 1. The molecule has 6 heteroatoms. The Morgan fingerprint density at radius 2 is 1.92 bits per heavy atom. The highest BCUT2D eigenvalue weighted by molar-refractivity contribution is 6.01. The summed E-state index contributed by atoms with van der Waals surface area (Å²) in [6.45, 7) is 0.947. The first-order valence-corrected chi connectivity index (χ1v) is 8.24. The van der Waals surface area contributed by atoms with Crippen molar-refractivity contribution in [2.24, 2.45) is 0 Å². The average Bonchev–Trinajstić information content (AvgIpc) is 3.03. The molecular weight excluding hydrogens is 318 g/mol. The van der Waals surface area contributed by atoms with E-state index in [4.69, 9.17) is 0 Å². The number of urea groups is 1. The first kappa shape index (κ1) is 16.8. The zero-order chi connectivity index (χ0) is 17.8. The third-order valence-electron chi connectivity index (χ3n) is 4.26. The number of amides is 3. The van der Waals surface area contributed by atoms with Crippen molar-refractivity contribution in [3.05, 3.63) is 54.1 Å². The van der Waals surface area contributed by atoms with Crippen molar-refractivity contribution in [3.8, 4) is 5.75 Å². The molecule has 0 spiro atoms. The number of anilines is 2. The number of aromatic hydroxyl groups is 1. The molecule has 0 aromatic heterocycles. The molecule has 0 saturated carbocycles. The quantitative estimate of drug-likeness (QED) is 0.898. The van der Waals surface area contributed by atoms with Gasteiger partial charge in [-0.05, 0) is 24.6 Å². The lowest BCUT2D eigenvalue weighted by atomic mass is 10.2. The highest BCUT2D eigenvalue weighted by Crippen LogP contribution is 2.29. The van der Waals surface area contributed by atoms with Crippen LogP contribution in [0.2, 0.25) is 0 Å². The van der Waals surface area contributed by atoms with Crippen molar-refractivity contribution >= 4 is 23.3 Å². The van der Waals surface area contributed by atoms with Crippen LogP contribution in [0.4, 0.5) is 16.2 Å². The first-order valence-electron chi connectivity index (χ1n) is 8.24. The predicted octanol–water partition coefficient (Wildman–Crippen LogP) is 3.18. The van der Waals surface area contributed by atoms with Crippen LogP contribution in [0.1, 0.15) is 18.4 Å². The van der Waals surface area contributed by atoms with Gasteiger partial charge in [-0.3, -0.25) is 4.79 Å². The van der Waals surface area contributed by atoms with Gasteiger partial charge in [0, 0.05) is 25.6 Å². The first-order chi connectivity index (χ1) is 12.1. The van der Waals surface area contributed by atoms with E-state index in [-0.39, 0.29) is 24.2 Å². The maximum absolute atomic E-state index is 12.5. The number of hydrogen-bond donors (Lipinski definition) is 2. The number of carbonyl (C=O) groups excluding carboxylic acids is 2. The molecule has 0 atom stereocenters. The molecule has 130 valence electrons. The van der Waals surface area contributed by atoms with Gasteiger partial charge in [-0.25, -0.2) is 4.79 Å². The molecule has 3 amide bonds. The summed E-state index contributed by atoms with van der Waals surface area (Å²) in [5.41, 5.74) is 1.99. The number of benzene rings is 2. The van der Waals surface area contributed by atoms with E-state index in [0.717, 1.165) is 6.42 Å². The molecule has 0 bridgehead atoms. The number of phenolic OH excluding ortho intramolecular Hbond substituents is 1. The van der Waals surface area contributed by atoms with Crippen molar-refractivity contribution in [1.29, 1.82) is 0 Å². The van der Waals surface area contributed by atoms with E-state index in [9.17, 15) is 14.7 Å². The maximum atomic E-state index is 12.5. The largest absolute Gasteiger partial charge is 0.508 e. The highest BCUT2D eigenvalue weighted by Gasteiger charge is 2.24. The van der Waals surface area contributed by atoms with Gasteiger partial charge < -0.3 is 20.2 Å². The Bertz CT molecular complexity index is 791. The van der Waals surface area contributed by atoms with E-state index >= 15 is 0 Å². The minimum absolute atomic E-state index is 0.0734. The van der Waals surface area contributed by atoms with Gasteiger partial charge in [0.05, 0.1) is 17.9 Å². The zero-order valence-electron chi connectivity index (χ0n) is 14.1. The summed E-state index contributed by atoms with van der Waals surface area (Å²) in [5.74, 6) is 0.231. The molecule has 3 rings (SSSR count). The summed E-state index contributed by atoms with van der Waals surface area (Å²) < 4.78 is 0. The van der Waals surface area contributed by atoms with Gasteiger partial charge in [-0.1, -0.05) is 30.3 Å². The molecule has 1 aliphatic heterocycles. The minimum Gasteiger partial charge on any atom is -0.508 e. The number of phenols is 1. The zero-order valence-corrected chi connectivity index (χ0v) is 14.1. The average molecular weight is 339 g/mol. The molecule has 6 nitrogen and oxygen atoms in total. The van der Waals surface area contributed by atoms with Crippen molar-refractivity contribution in [2.45, 2.75) is 19.4 Å². The summed E-state index contributed by atoms with van der Waals surface area (Å²) >= 11 is 0. The monoisotopic (exact) mass is 339 g/mol. The van der Waals surface area contributed by atoms with Crippen molar-refractivity contribution in [1.82, 2.24) is 4.90 Å². The van der Waals surface area contributed by atoms with E-state index in [1.807, 2.05) is 24.3 Å². The molecule has 0 aliphatic carbocycles. The third kappa shape index (κ3) is 3.74. The Kier molecular flexibility index (Phi) is 4.88. The van der Waals surface area contributed by atoms with Crippen molar-refractivity contribution in [2.75, 3.05) is 23.8 Å². The predicted molar refractivity (Wildman–Crippen MR) is 96.6 cm³/mol. The van der Waals surface area contributed by atoms with Crippen LogP contribution in [0.25, 0.3) is 0 Å². The van der Waals surface area contributed by atoms with Gasteiger partial charge in [-0.15, -0.1) is 0 Å². The van der Waals surface area contributed by atoms with E-state index in [2.05, 4.69) is 5.32 Å². The topological polar surface area (TPSA) is 72.9 Å². The number of carbonyl (C=O) groups is 2. The van der Waals surface area contributed by atoms with Crippen molar-refractivity contribution < 1.29 is 14.7 Å². The summed E-state index contributed by atoms with van der Waals surface area (Å²) in [4.78, 5) is 27.7. The van der Waals surface area contributed by atoms with Gasteiger partial charge in [-0.2, -0.15) is 0 Å². The van der Waals surface area contributed by atoms with Crippen molar-refractivity contribution in [3.63, 3.8) is 0 Å². The Morgan fingerprint density at radius 1 is 1.20 bits per heavy atom. The fourth-order valence-electron chi connectivity index (χ4n) is 2.90. The fraction of sp³-hybridized carbons (Fsp3) is 0.263. The second-order valence-electron chi connectivity index (χ2n) is 6.08. The second-order valence-corrected chi connectivity index (χ2v) is 6.08. The van der Waals surface area contributed by atoms with Gasteiger partial charge in [0.25, 0.3) is 0 Å². The van der Waals surface area contributed by atoms with E-state index in [1.165, 1.54) is 4.90 Å². The summed E-state index contributed by atoms with van der Waals surface area (Å²) in [6, 6.07) is 13.9. The maximum Gasteiger partial charge on any atom is 0.321 e. The molecule has 2 aromatic rings. The second kappa shape index (κ2) is 7.25. The lowest BCUT2D eigenvalue weighted by Crippen LogP contribution is -2.32. The number of rotatable bonds is 4. The number of para-hydroxylation sites is 3. The lowest BCUT2D eigenvalue weighted by Gasteiger charge is -2.23. The molecular formula is C19H21N3O3. The van der Waals surface area contributed by atoms with Crippen LogP contribution in [0.15, 0.2) is 48.5 Å². The molecule has 1 aliphatic rings. The van der Waals surface area contributed by atoms with Crippen LogP contribution >= 0.6 is 0 Å². The summed E-state index contributed by atoms with van der Waals surface area (Å²) in [7, 11) is 1.66. The Morgan fingerprint density at radius 3 is 2.64 bits per heavy atom. The Hall–Kier alpha value is -3.02. The highest BCUT2D eigenvalue weighted by atomic mass is 16.3. The number of nitrogens with zero attached hydrogens (tertiary/aromatic N) is 2. The fourth-order valence-corrected chi connectivity index (χ4v) is 2.90. The van der Waals surface area contributed by atoms with Crippen LogP contribution in [-0.4, -0.2) is 35.5 Å². The third-order valence-corrected chi connectivity index (χ3v) is 4.26. The lowest BCUT2D eigenvalue weighted by molar-refractivity contribution is -0.117. The van der Waals surface area contributed by atoms with Gasteiger partial charge >= 0.3 is 6.03 Å². The van der Waals surface area contributed by atoms with E-state index < -0.39 is 0 Å². The Labute approximate surface area is 146 Å². The number of hydrogen-bond acceptors (Lipinski definition) is 3. The Balaban J connectivity index is 1.73. The van der Waals surface area contributed by atoms with Crippen LogP contribution in [0.5, 0.6) is 5.75 Å². The van der Waals surface area contributed by atoms with Crippen LogP contribution in [-0.2, 0) is 11.3 Å². The smallest absolute Gasteiger partial charge is 0.321 e. The molecule has 1 heterocycles. The normalized spacial score (nSPS) is 13.8. The summed E-state index contributed by atoms with van der Waals surface area (Å²) in [6.07, 6.45) is 1.36. The molecule has 2 N–H and O–H groups in total.